The molecule has 1 unspecified atom stereocenters. The van der Waals surface area contributed by atoms with Gasteiger partial charge in [-0.3, -0.25) is 4.99 Å². The van der Waals surface area contributed by atoms with Crippen LogP contribution in [0.2, 0.25) is 0 Å². The van der Waals surface area contributed by atoms with Gasteiger partial charge >= 0.3 is 6.09 Å². The van der Waals surface area contributed by atoms with Crippen molar-refractivity contribution in [2.75, 3.05) is 20.2 Å². The summed E-state index contributed by atoms with van der Waals surface area (Å²) in [7, 11) is 1.73. The summed E-state index contributed by atoms with van der Waals surface area (Å²) in [5.74, 6) is 1.15. The van der Waals surface area contributed by atoms with Gasteiger partial charge in [0.2, 0.25) is 0 Å². The maximum Gasteiger partial charge on any atom is 0.407 e. The molecule has 1 atom stereocenters. The summed E-state index contributed by atoms with van der Waals surface area (Å²) >= 11 is 1.70. The first-order valence-corrected chi connectivity index (χ1v) is 9.61. The number of carbonyl (C=O) groups is 1. The molecule has 8 heteroatoms. The van der Waals surface area contributed by atoms with E-state index < -0.39 is 0 Å². The quantitative estimate of drug-likeness (QED) is 0.460. The van der Waals surface area contributed by atoms with E-state index in [1.165, 1.54) is 4.88 Å². The molecule has 0 radical (unpaired) electrons. The van der Waals surface area contributed by atoms with E-state index in [2.05, 4.69) is 46.7 Å². The number of guanidine groups is 1. The van der Waals surface area contributed by atoms with E-state index in [-0.39, 0.29) is 12.1 Å². The molecule has 0 bridgehead atoms. The molecule has 0 fully saturated rings. The second-order valence-electron chi connectivity index (χ2n) is 6.07. The molecule has 0 aliphatic carbocycles. The molecule has 1 amide bonds. The number of alkyl carbamates (subject to hydrolysis) is 1. The smallest absolute Gasteiger partial charge is 0.407 e. The normalized spacial score (nSPS) is 12.8. The van der Waals surface area contributed by atoms with Crippen molar-refractivity contribution in [2.24, 2.45) is 10.9 Å². The number of aromatic nitrogens is 1. The fourth-order valence-corrected chi connectivity index (χ4v) is 3.10. The lowest BCUT2D eigenvalue weighted by Gasteiger charge is -2.22. The van der Waals surface area contributed by atoms with Crippen molar-refractivity contribution in [3.05, 3.63) is 16.1 Å². The van der Waals surface area contributed by atoms with E-state index >= 15 is 0 Å². The number of rotatable bonds is 9. The molecule has 1 aromatic heterocycles. The standard InChI is InChI=1S/C17H31N5O2S/c1-6-14-10-19-15(25-14)11-21-16(18-5)20-9-13(8-12(3)4)22-17(23)24-7-2/h10,12-13H,6-9,11H2,1-5H3,(H,22,23)(H2,18,20,21). The monoisotopic (exact) mass is 369 g/mol. The zero-order valence-electron chi connectivity index (χ0n) is 15.9. The van der Waals surface area contributed by atoms with E-state index in [9.17, 15) is 4.79 Å². The number of ether oxygens (including phenoxy) is 1. The van der Waals surface area contributed by atoms with Crippen LogP contribution in [0.4, 0.5) is 4.79 Å². The third kappa shape index (κ3) is 8.72. The van der Waals surface area contributed by atoms with Crippen LogP contribution in [0.15, 0.2) is 11.2 Å². The van der Waals surface area contributed by atoms with E-state index in [1.807, 2.05) is 6.20 Å². The van der Waals surface area contributed by atoms with Gasteiger partial charge in [-0.05, 0) is 25.7 Å². The Labute approximate surface area is 154 Å². The predicted molar refractivity (Wildman–Crippen MR) is 103 cm³/mol. The molecule has 0 saturated heterocycles. The lowest BCUT2D eigenvalue weighted by atomic mass is 10.0. The largest absolute Gasteiger partial charge is 0.450 e. The Morgan fingerprint density at radius 2 is 2.12 bits per heavy atom. The van der Waals surface area contributed by atoms with E-state index in [1.54, 1.807) is 25.3 Å². The molecule has 142 valence electrons. The molecule has 1 aromatic rings. The summed E-state index contributed by atoms with van der Waals surface area (Å²) < 4.78 is 4.97. The molecule has 0 saturated carbocycles. The lowest BCUT2D eigenvalue weighted by Crippen LogP contribution is -2.47. The van der Waals surface area contributed by atoms with Crippen molar-refractivity contribution in [1.29, 1.82) is 0 Å². The summed E-state index contributed by atoms with van der Waals surface area (Å²) in [6.45, 7) is 9.74. The van der Waals surface area contributed by atoms with Gasteiger partial charge in [-0.2, -0.15) is 0 Å². The fourth-order valence-electron chi connectivity index (χ4n) is 2.29. The number of carbonyl (C=O) groups excluding carboxylic acids is 1. The SMILES string of the molecule is CCOC(=O)NC(CNC(=NC)NCc1ncc(CC)s1)CC(C)C. The van der Waals surface area contributed by atoms with Crippen molar-refractivity contribution in [3.8, 4) is 0 Å². The fraction of sp³-hybridized carbons (Fsp3) is 0.706. The van der Waals surface area contributed by atoms with Crippen molar-refractivity contribution in [3.63, 3.8) is 0 Å². The zero-order chi connectivity index (χ0) is 18.7. The van der Waals surface area contributed by atoms with Crippen LogP contribution >= 0.6 is 11.3 Å². The molecule has 0 spiro atoms. The number of hydrogen-bond acceptors (Lipinski definition) is 5. The topological polar surface area (TPSA) is 87.6 Å². The Kier molecular flexibility index (Phi) is 9.91. The first-order chi connectivity index (χ1) is 12.0. The molecule has 0 aliphatic heterocycles. The van der Waals surface area contributed by atoms with Gasteiger partial charge in [0.05, 0.1) is 13.2 Å². The number of nitrogens with one attached hydrogen (secondary N) is 3. The Bertz CT molecular complexity index is 545. The molecule has 1 rings (SSSR count). The second kappa shape index (κ2) is 11.7. The summed E-state index contributed by atoms with van der Waals surface area (Å²) in [5, 5.41) is 10.4. The summed E-state index contributed by atoms with van der Waals surface area (Å²) in [4.78, 5) is 21.6. The van der Waals surface area contributed by atoms with Crippen LogP contribution in [0.3, 0.4) is 0 Å². The number of hydrogen-bond donors (Lipinski definition) is 3. The molecular formula is C17H31N5O2S. The third-order valence-electron chi connectivity index (χ3n) is 3.45. The zero-order valence-corrected chi connectivity index (χ0v) is 16.7. The highest BCUT2D eigenvalue weighted by atomic mass is 32.1. The summed E-state index contributed by atoms with van der Waals surface area (Å²) in [6, 6.07) is -0.0239. The highest BCUT2D eigenvalue weighted by molar-refractivity contribution is 7.11. The van der Waals surface area contributed by atoms with Gasteiger partial charge in [-0.25, -0.2) is 9.78 Å². The van der Waals surface area contributed by atoms with Crippen LogP contribution in [0, 0.1) is 5.92 Å². The van der Waals surface area contributed by atoms with Gasteiger partial charge < -0.3 is 20.7 Å². The molecule has 25 heavy (non-hydrogen) atoms. The van der Waals surface area contributed by atoms with Gasteiger partial charge in [0.15, 0.2) is 5.96 Å². The van der Waals surface area contributed by atoms with Crippen LogP contribution in [0.25, 0.3) is 0 Å². The minimum absolute atomic E-state index is 0.0239. The first-order valence-electron chi connectivity index (χ1n) is 8.79. The van der Waals surface area contributed by atoms with Crippen molar-refractivity contribution >= 4 is 23.4 Å². The van der Waals surface area contributed by atoms with Crippen LogP contribution in [-0.2, 0) is 17.7 Å². The maximum absolute atomic E-state index is 11.7. The molecule has 3 N–H and O–H groups in total. The highest BCUT2D eigenvalue weighted by Crippen LogP contribution is 2.12. The van der Waals surface area contributed by atoms with E-state index in [0.717, 1.165) is 17.8 Å². The Morgan fingerprint density at radius 1 is 1.36 bits per heavy atom. The minimum Gasteiger partial charge on any atom is -0.450 e. The number of amides is 1. The average Bonchev–Trinajstić information content (AvgIpc) is 3.02. The van der Waals surface area contributed by atoms with E-state index in [4.69, 9.17) is 4.74 Å². The number of aliphatic imine (C=N–C) groups is 1. The number of aryl methyl sites for hydroxylation is 1. The molecule has 0 aromatic carbocycles. The second-order valence-corrected chi connectivity index (χ2v) is 7.27. The van der Waals surface area contributed by atoms with Gasteiger partial charge in [0.25, 0.3) is 0 Å². The van der Waals surface area contributed by atoms with Crippen LogP contribution in [0.5, 0.6) is 0 Å². The van der Waals surface area contributed by atoms with Crippen molar-refractivity contribution in [2.45, 2.75) is 53.1 Å². The Hall–Kier alpha value is -1.83. The molecular weight excluding hydrogens is 338 g/mol. The van der Waals surface area contributed by atoms with Crippen molar-refractivity contribution < 1.29 is 9.53 Å². The third-order valence-corrected chi connectivity index (χ3v) is 4.59. The Morgan fingerprint density at radius 3 is 2.68 bits per heavy atom. The maximum atomic E-state index is 11.7. The number of nitrogens with zero attached hydrogens (tertiary/aromatic N) is 2. The average molecular weight is 370 g/mol. The molecule has 1 heterocycles. The van der Waals surface area contributed by atoms with Crippen LogP contribution in [-0.4, -0.2) is 43.3 Å². The summed E-state index contributed by atoms with van der Waals surface area (Å²) in [6.07, 6.45) is 3.39. The van der Waals surface area contributed by atoms with Gasteiger partial charge in [-0.1, -0.05) is 20.8 Å². The summed E-state index contributed by atoms with van der Waals surface area (Å²) in [5.41, 5.74) is 0. The number of thiazole rings is 1. The molecule has 7 nitrogen and oxygen atoms in total. The first kappa shape index (κ1) is 21.2. The van der Waals surface area contributed by atoms with Crippen molar-refractivity contribution in [1.82, 2.24) is 20.9 Å². The Balaban J connectivity index is 2.48. The lowest BCUT2D eigenvalue weighted by molar-refractivity contribution is 0.146. The highest BCUT2D eigenvalue weighted by Gasteiger charge is 2.15. The van der Waals surface area contributed by atoms with Gasteiger partial charge in [0, 0.05) is 30.7 Å². The van der Waals surface area contributed by atoms with Crippen LogP contribution < -0.4 is 16.0 Å². The molecule has 0 aliphatic rings. The van der Waals surface area contributed by atoms with E-state index in [0.29, 0.717) is 31.6 Å². The van der Waals surface area contributed by atoms with Gasteiger partial charge in [0.1, 0.15) is 5.01 Å². The minimum atomic E-state index is -0.382. The van der Waals surface area contributed by atoms with Crippen LogP contribution in [0.1, 0.15) is 44.0 Å². The predicted octanol–water partition coefficient (Wildman–Crippen LogP) is 2.53. The van der Waals surface area contributed by atoms with Gasteiger partial charge in [-0.15, -0.1) is 11.3 Å².